The highest BCUT2D eigenvalue weighted by Gasteiger charge is 1.99. The topological polar surface area (TPSA) is 12.0 Å². The molecule has 2 aromatic carbocycles. The van der Waals surface area contributed by atoms with Crippen molar-refractivity contribution in [1.82, 2.24) is 5.32 Å². The summed E-state index contributed by atoms with van der Waals surface area (Å²) in [6, 6.07) is 17.5. The summed E-state index contributed by atoms with van der Waals surface area (Å²) in [6.07, 6.45) is 0. The zero-order valence-electron chi connectivity index (χ0n) is 11.6. The van der Waals surface area contributed by atoms with Gasteiger partial charge in [0.05, 0.1) is 0 Å². The van der Waals surface area contributed by atoms with Crippen LogP contribution in [0, 0.1) is 6.92 Å². The summed E-state index contributed by atoms with van der Waals surface area (Å²) in [5, 5.41) is 3.36. The highest BCUT2D eigenvalue weighted by molar-refractivity contribution is 7.98. The molecule has 2 rings (SSSR count). The van der Waals surface area contributed by atoms with Gasteiger partial charge in [0.1, 0.15) is 0 Å². The third-order valence-electron chi connectivity index (χ3n) is 2.97. The van der Waals surface area contributed by atoms with Gasteiger partial charge < -0.3 is 5.32 Å². The van der Waals surface area contributed by atoms with Crippen LogP contribution in [0.3, 0.4) is 0 Å². The molecule has 1 N–H and O–H groups in total. The largest absolute Gasteiger partial charge is 0.313 e. The number of nitrogens with one attached hydrogen (secondary N) is 1. The van der Waals surface area contributed by atoms with Crippen molar-refractivity contribution in [2.75, 3.05) is 6.54 Å². The Morgan fingerprint density at radius 2 is 1.79 bits per heavy atom. The van der Waals surface area contributed by atoms with E-state index in [1.165, 1.54) is 21.6 Å². The van der Waals surface area contributed by atoms with E-state index in [1.807, 2.05) is 11.8 Å². The second-order valence-corrected chi connectivity index (χ2v) is 5.75. The molecule has 2 aromatic rings. The van der Waals surface area contributed by atoms with Crippen LogP contribution in [0.15, 0.2) is 53.4 Å². The highest BCUT2D eigenvalue weighted by atomic mass is 32.2. The third kappa shape index (κ3) is 4.73. The first-order valence-corrected chi connectivity index (χ1v) is 7.74. The fraction of sp³-hybridized carbons (Fsp3) is 0.294. The summed E-state index contributed by atoms with van der Waals surface area (Å²) < 4.78 is 0. The summed E-state index contributed by atoms with van der Waals surface area (Å²) in [7, 11) is 0. The lowest BCUT2D eigenvalue weighted by atomic mass is 10.2. The Balaban J connectivity index is 1.95. The number of thioether (sulfide) groups is 1. The molecule has 0 saturated heterocycles. The van der Waals surface area contributed by atoms with E-state index >= 15 is 0 Å². The zero-order chi connectivity index (χ0) is 13.5. The Morgan fingerprint density at radius 3 is 2.58 bits per heavy atom. The molecule has 0 bridgehead atoms. The van der Waals surface area contributed by atoms with Gasteiger partial charge in [0.2, 0.25) is 0 Å². The molecule has 0 aliphatic rings. The van der Waals surface area contributed by atoms with Gasteiger partial charge in [-0.3, -0.25) is 0 Å². The minimum atomic E-state index is 0.954. The fourth-order valence-electron chi connectivity index (χ4n) is 1.98. The van der Waals surface area contributed by atoms with Crippen LogP contribution in [0.2, 0.25) is 0 Å². The lowest BCUT2D eigenvalue weighted by Gasteiger charge is -2.06. The Hall–Kier alpha value is -1.25. The maximum atomic E-state index is 3.36. The van der Waals surface area contributed by atoms with Gasteiger partial charge in [-0.15, -0.1) is 11.8 Å². The molecule has 0 unspecified atom stereocenters. The first-order chi connectivity index (χ1) is 9.28. The van der Waals surface area contributed by atoms with Gasteiger partial charge in [-0.1, -0.05) is 48.9 Å². The number of rotatable bonds is 6. The van der Waals surface area contributed by atoms with Crippen molar-refractivity contribution in [3.8, 4) is 0 Å². The van der Waals surface area contributed by atoms with E-state index in [1.54, 1.807) is 0 Å². The second kappa shape index (κ2) is 7.37. The lowest BCUT2D eigenvalue weighted by molar-refractivity contribution is 0.725. The molecule has 0 spiro atoms. The number of benzene rings is 2. The molecule has 0 amide bonds. The zero-order valence-corrected chi connectivity index (χ0v) is 12.5. The Kier molecular flexibility index (Phi) is 5.49. The van der Waals surface area contributed by atoms with Crippen LogP contribution in [0.25, 0.3) is 0 Å². The number of hydrogen-bond acceptors (Lipinski definition) is 2. The smallest absolute Gasteiger partial charge is 0.0232 e. The van der Waals surface area contributed by atoms with Crippen molar-refractivity contribution in [3.05, 3.63) is 65.2 Å². The van der Waals surface area contributed by atoms with E-state index in [9.17, 15) is 0 Å². The first kappa shape index (κ1) is 14.2. The summed E-state index contributed by atoms with van der Waals surface area (Å²) in [5.41, 5.74) is 4.08. The van der Waals surface area contributed by atoms with Crippen LogP contribution in [0.4, 0.5) is 0 Å². The van der Waals surface area contributed by atoms with Crippen LogP contribution in [0.5, 0.6) is 0 Å². The molecule has 0 aromatic heterocycles. The van der Waals surface area contributed by atoms with Crippen LogP contribution in [-0.2, 0) is 12.3 Å². The number of aryl methyl sites for hydroxylation is 1. The number of hydrogen-bond donors (Lipinski definition) is 1. The van der Waals surface area contributed by atoms with Gasteiger partial charge >= 0.3 is 0 Å². The minimum Gasteiger partial charge on any atom is -0.313 e. The molecule has 19 heavy (non-hydrogen) atoms. The van der Waals surface area contributed by atoms with Crippen LogP contribution >= 0.6 is 11.8 Å². The maximum Gasteiger partial charge on any atom is 0.0232 e. The predicted molar refractivity (Wildman–Crippen MR) is 84.6 cm³/mol. The minimum absolute atomic E-state index is 0.954. The quantitative estimate of drug-likeness (QED) is 0.782. The molecule has 0 aliphatic heterocycles. The predicted octanol–water partition coefficient (Wildman–Crippen LogP) is 4.40. The Labute approximate surface area is 120 Å². The average molecular weight is 271 g/mol. The second-order valence-electron chi connectivity index (χ2n) is 4.71. The average Bonchev–Trinajstić information content (AvgIpc) is 2.43. The summed E-state index contributed by atoms with van der Waals surface area (Å²) in [5.74, 6) is 1.03. The van der Waals surface area contributed by atoms with Crippen LogP contribution in [0.1, 0.15) is 23.6 Å². The summed E-state index contributed by atoms with van der Waals surface area (Å²) in [4.78, 5) is 1.34. The Bertz CT molecular complexity index is 522. The first-order valence-electron chi connectivity index (χ1n) is 6.76. The SMILES string of the molecule is CCNCc1cccc(SCc2cccc(C)c2)c1. The van der Waals surface area contributed by atoms with Crippen LogP contribution in [-0.4, -0.2) is 6.54 Å². The van der Waals surface area contributed by atoms with Crippen molar-refractivity contribution in [2.45, 2.75) is 31.0 Å². The van der Waals surface area contributed by atoms with Gasteiger partial charge in [-0.05, 0) is 36.7 Å². The van der Waals surface area contributed by atoms with E-state index in [-0.39, 0.29) is 0 Å². The molecular weight excluding hydrogens is 250 g/mol. The van der Waals surface area contributed by atoms with Crippen molar-refractivity contribution in [2.24, 2.45) is 0 Å². The van der Waals surface area contributed by atoms with Gasteiger partial charge in [0.25, 0.3) is 0 Å². The molecule has 0 aliphatic carbocycles. The standard InChI is InChI=1S/C17H21NS/c1-3-18-12-15-7-5-9-17(11-15)19-13-16-8-4-6-14(2)10-16/h4-11,18H,3,12-13H2,1-2H3. The van der Waals surface area contributed by atoms with E-state index in [0.717, 1.165) is 18.8 Å². The van der Waals surface area contributed by atoms with E-state index in [4.69, 9.17) is 0 Å². The molecule has 100 valence electrons. The molecular formula is C17H21NS. The van der Waals surface area contributed by atoms with Gasteiger partial charge in [-0.25, -0.2) is 0 Å². The van der Waals surface area contributed by atoms with E-state index < -0.39 is 0 Å². The molecule has 0 fully saturated rings. The maximum absolute atomic E-state index is 3.36. The van der Waals surface area contributed by atoms with Crippen molar-refractivity contribution in [1.29, 1.82) is 0 Å². The Morgan fingerprint density at radius 1 is 1.00 bits per heavy atom. The molecule has 2 heteroatoms. The molecule has 1 nitrogen and oxygen atoms in total. The molecule has 0 radical (unpaired) electrons. The highest BCUT2D eigenvalue weighted by Crippen LogP contribution is 2.23. The van der Waals surface area contributed by atoms with Gasteiger partial charge in [-0.2, -0.15) is 0 Å². The molecule has 0 saturated carbocycles. The summed E-state index contributed by atoms with van der Waals surface area (Å²) >= 11 is 1.90. The summed E-state index contributed by atoms with van der Waals surface area (Å²) in [6.45, 7) is 6.25. The van der Waals surface area contributed by atoms with Gasteiger partial charge in [0, 0.05) is 17.2 Å². The molecule has 0 atom stereocenters. The van der Waals surface area contributed by atoms with E-state index in [0.29, 0.717) is 0 Å². The third-order valence-corrected chi connectivity index (χ3v) is 4.03. The lowest BCUT2D eigenvalue weighted by Crippen LogP contribution is -2.11. The van der Waals surface area contributed by atoms with Crippen molar-refractivity contribution < 1.29 is 0 Å². The van der Waals surface area contributed by atoms with E-state index in [2.05, 4.69) is 67.7 Å². The van der Waals surface area contributed by atoms with Crippen LogP contribution < -0.4 is 5.32 Å². The van der Waals surface area contributed by atoms with Crippen molar-refractivity contribution in [3.63, 3.8) is 0 Å². The fourth-order valence-corrected chi connectivity index (χ4v) is 2.91. The van der Waals surface area contributed by atoms with Gasteiger partial charge in [0.15, 0.2) is 0 Å². The monoisotopic (exact) mass is 271 g/mol. The molecule has 0 heterocycles. The van der Waals surface area contributed by atoms with Crippen molar-refractivity contribution >= 4 is 11.8 Å². The normalized spacial score (nSPS) is 10.6.